The molecule has 1 aromatic rings. The second-order valence-corrected chi connectivity index (χ2v) is 2.18. The maximum Gasteiger partial charge on any atom is 0.380 e. The SMILES string of the molecule is O=C(O)C(=O)C(=O)c1ccccn1. The predicted molar refractivity (Wildman–Crippen MR) is 41.2 cm³/mol. The number of carboxylic acids is 1. The second kappa shape index (κ2) is 3.57. The summed E-state index contributed by atoms with van der Waals surface area (Å²) in [6, 6.07) is 4.33. The lowest BCUT2D eigenvalue weighted by Crippen LogP contribution is -2.24. The van der Waals surface area contributed by atoms with E-state index in [0.29, 0.717) is 0 Å². The molecule has 1 heterocycles. The molecule has 5 nitrogen and oxygen atoms in total. The maximum absolute atomic E-state index is 11.0. The Balaban J connectivity index is 2.93. The molecular formula is C8H5NO4. The van der Waals surface area contributed by atoms with Gasteiger partial charge in [0.05, 0.1) is 0 Å². The fourth-order valence-electron chi connectivity index (χ4n) is 0.711. The average molecular weight is 179 g/mol. The second-order valence-electron chi connectivity index (χ2n) is 2.18. The van der Waals surface area contributed by atoms with E-state index >= 15 is 0 Å². The van der Waals surface area contributed by atoms with Crippen LogP contribution in [0.4, 0.5) is 0 Å². The van der Waals surface area contributed by atoms with E-state index in [4.69, 9.17) is 5.11 Å². The van der Waals surface area contributed by atoms with E-state index in [1.807, 2.05) is 0 Å². The zero-order chi connectivity index (χ0) is 9.84. The number of hydrogen-bond donors (Lipinski definition) is 1. The molecule has 0 aliphatic heterocycles. The normalized spacial score (nSPS) is 9.23. The highest BCUT2D eigenvalue weighted by Gasteiger charge is 2.23. The van der Waals surface area contributed by atoms with Crippen molar-refractivity contribution < 1.29 is 19.5 Å². The van der Waals surface area contributed by atoms with Crippen LogP contribution in [0.2, 0.25) is 0 Å². The molecule has 0 fully saturated rings. The molecule has 0 unspecified atom stereocenters. The van der Waals surface area contributed by atoms with Gasteiger partial charge < -0.3 is 5.11 Å². The third-order valence-electron chi connectivity index (χ3n) is 1.30. The van der Waals surface area contributed by atoms with Crippen LogP contribution in [0.5, 0.6) is 0 Å². The molecule has 66 valence electrons. The first-order valence-electron chi connectivity index (χ1n) is 3.36. The van der Waals surface area contributed by atoms with Crippen molar-refractivity contribution in [2.45, 2.75) is 0 Å². The van der Waals surface area contributed by atoms with Crippen LogP contribution in [0.1, 0.15) is 10.5 Å². The van der Waals surface area contributed by atoms with E-state index < -0.39 is 17.5 Å². The Bertz CT molecular complexity index is 358. The summed E-state index contributed by atoms with van der Waals surface area (Å²) in [6.45, 7) is 0. The van der Waals surface area contributed by atoms with Crippen LogP contribution in [0.15, 0.2) is 24.4 Å². The lowest BCUT2D eigenvalue weighted by Gasteiger charge is -1.93. The summed E-state index contributed by atoms with van der Waals surface area (Å²) < 4.78 is 0. The molecule has 0 aromatic carbocycles. The van der Waals surface area contributed by atoms with Crippen molar-refractivity contribution in [1.29, 1.82) is 0 Å². The van der Waals surface area contributed by atoms with Crippen molar-refractivity contribution in [3.63, 3.8) is 0 Å². The van der Waals surface area contributed by atoms with E-state index in [2.05, 4.69) is 4.98 Å². The van der Waals surface area contributed by atoms with Crippen molar-refractivity contribution in [2.75, 3.05) is 0 Å². The number of aromatic nitrogens is 1. The summed E-state index contributed by atoms with van der Waals surface area (Å²) in [5, 5.41) is 8.22. The van der Waals surface area contributed by atoms with Crippen molar-refractivity contribution in [1.82, 2.24) is 4.98 Å². The molecule has 5 heteroatoms. The van der Waals surface area contributed by atoms with Gasteiger partial charge in [0.1, 0.15) is 5.69 Å². The van der Waals surface area contributed by atoms with Crippen LogP contribution in [-0.2, 0) is 9.59 Å². The molecule has 0 aliphatic carbocycles. The lowest BCUT2D eigenvalue weighted by molar-refractivity contribution is -0.146. The van der Waals surface area contributed by atoms with E-state index in [1.54, 1.807) is 6.07 Å². The summed E-state index contributed by atoms with van der Waals surface area (Å²) in [5.41, 5.74) is -0.157. The summed E-state index contributed by atoms with van der Waals surface area (Å²) in [4.78, 5) is 35.3. The largest absolute Gasteiger partial charge is 0.475 e. The first-order chi connectivity index (χ1) is 6.13. The molecule has 0 spiro atoms. The minimum absolute atomic E-state index is 0.157. The van der Waals surface area contributed by atoms with Crippen LogP contribution in [0.25, 0.3) is 0 Å². The number of nitrogens with zero attached hydrogens (tertiary/aromatic N) is 1. The quantitative estimate of drug-likeness (QED) is 0.398. The number of rotatable bonds is 3. The first kappa shape index (κ1) is 9.05. The van der Waals surface area contributed by atoms with Crippen LogP contribution in [0, 0.1) is 0 Å². The van der Waals surface area contributed by atoms with Gasteiger partial charge >= 0.3 is 11.8 Å². The van der Waals surface area contributed by atoms with Crippen LogP contribution in [-0.4, -0.2) is 27.6 Å². The predicted octanol–water partition coefficient (Wildman–Crippen LogP) is -0.0820. The number of pyridine rings is 1. The van der Waals surface area contributed by atoms with Crippen molar-refractivity contribution in [2.24, 2.45) is 0 Å². The van der Waals surface area contributed by atoms with Crippen LogP contribution >= 0.6 is 0 Å². The van der Waals surface area contributed by atoms with Gasteiger partial charge in [-0.15, -0.1) is 0 Å². The Morgan fingerprint density at radius 1 is 1.23 bits per heavy atom. The summed E-state index contributed by atoms with van der Waals surface area (Å²) in [6.07, 6.45) is 1.31. The van der Waals surface area contributed by atoms with Gasteiger partial charge in [-0.25, -0.2) is 4.79 Å². The average Bonchev–Trinajstić information content (AvgIpc) is 2.17. The minimum Gasteiger partial charge on any atom is -0.475 e. The van der Waals surface area contributed by atoms with E-state index in [1.165, 1.54) is 18.3 Å². The number of carboxylic acid groups (broad SMARTS) is 1. The highest BCUT2D eigenvalue weighted by molar-refractivity contribution is 6.64. The number of hydrogen-bond acceptors (Lipinski definition) is 4. The van der Waals surface area contributed by atoms with Gasteiger partial charge in [0, 0.05) is 6.20 Å². The molecule has 0 saturated heterocycles. The summed E-state index contributed by atoms with van der Waals surface area (Å²) in [5.74, 6) is -4.34. The smallest absolute Gasteiger partial charge is 0.380 e. The Morgan fingerprint density at radius 2 is 1.92 bits per heavy atom. The Labute approximate surface area is 73.0 Å². The summed E-state index contributed by atoms with van der Waals surface area (Å²) >= 11 is 0. The Kier molecular flexibility index (Phi) is 2.49. The number of Topliss-reactive ketones (excluding diaryl/α,β-unsaturated/α-hetero) is 2. The number of aliphatic carboxylic acids is 1. The van der Waals surface area contributed by atoms with E-state index in [9.17, 15) is 14.4 Å². The van der Waals surface area contributed by atoms with Crippen molar-refractivity contribution in [3.8, 4) is 0 Å². The van der Waals surface area contributed by atoms with E-state index in [0.717, 1.165) is 0 Å². The lowest BCUT2D eigenvalue weighted by atomic mass is 10.2. The van der Waals surface area contributed by atoms with Gasteiger partial charge in [0.2, 0.25) is 0 Å². The Morgan fingerprint density at radius 3 is 2.38 bits per heavy atom. The molecule has 1 aromatic heterocycles. The zero-order valence-corrected chi connectivity index (χ0v) is 6.43. The van der Waals surface area contributed by atoms with E-state index in [-0.39, 0.29) is 5.69 Å². The van der Waals surface area contributed by atoms with Gasteiger partial charge in [0.25, 0.3) is 5.78 Å². The van der Waals surface area contributed by atoms with Gasteiger partial charge in [-0.1, -0.05) is 6.07 Å². The van der Waals surface area contributed by atoms with Crippen LogP contribution in [0.3, 0.4) is 0 Å². The maximum atomic E-state index is 11.0. The monoisotopic (exact) mass is 179 g/mol. The van der Waals surface area contributed by atoms with Gasteiger partial charge in [-0.2, -0.15) is 0 Å². The van der Waals surface area contributed by atoms with Gasteiger partial charge in [0.15, 0.2) is 0 Å². The third kappa shape index (κ3) is 1.96. The fourth-order valence-corrected chi connectivity index (χ4v) is 0.711. The third-order valence-corrected chi connectivity index (χ3v) is 1.30. The van der Waals surface area contributed by atoms with Gasteiger partial charge in [-0.3, -0.25) is 14.6 Å². The van der Waals surface area contributed by atoms with Crippen molar-refractivity contribution in [3.05, 3.63) is 30.1 Å². The molecule has 13 heavy (non-hydrogen) atoms. The van der Waals surface area contributed by atoms with Crippen LogP contribution < -0.4 is 0 Å². The number of ketones is 2. The molecular weight excluding hydrogens is 174 g/mol. The highest BCUT2D eigenvalue weighted by Crippen LogP contribution is 1.95. The minimum atomic E-state index is -1.77. The molecule has 0 radical (unpaired) electrons. The molecule has 0 bridgehead atoms. The standard InChI is InChI=1S/C8H5NO4/c10-6(7(11)8(12)13)5-3-1-2-4-9-5/h1-4H,(H,12,13). The molecule has 0 atom stereocenters. The molecule has 1 rings (SSSR count). The number of carbonyl (C=O) groups is 3. The zero-order valence-electron chi connectivity index (χ0n) is 6.43. The van der Waals surface area contributed by atoms with Gasteiger partial charge in [-0.05, 0) is 12.1 Å². The molecule has 0 saturated carbocycles. The Hall–Kier alpha value is -2.04. The fraction of sp³-hybridized carbons (Fsp3) is 0. The molecule has 0 amide bonds. The molecule has 1 N–H and O–H groups in total. The highest BCUT2D eigenvalue weighted by atomic mass is 16.4. The molecule has 0 aliphatic rings. The summed E-state index contributed by atoms with van der Waals surface area (Å²) in [7, 11) is 0. The number of carbonyl (C=O) groups excluding carboxylic acids is 2. The first-order valence-corrected chi connectivity index (χ1v) is 3.36. The van der Waals surface area contributed by atoms with Crippen molar-refractivity contribution >= 4 is 17.5 Å². The topological polar surface area (TPSA) is 84.3 Å².